The van der Waals surface area contributed by atoms with Gasteiger partial charge in [0, 0.05) is 27.1 Å². The van der Waals surface area contributed by atoms with Gasteiger partial charge in [0.05, 0.1) is 17.1 Å². The summed E-state index contributed by atoms with van der Waals surface area (Å²) in [5.41, 5.74) is 11.9. The molecule has 2 aromatic heterocycles. The number of nitrogens with zero attached hydrogens (tertiary/aromatic N) is 3. The van der Waals surface area contributed by atoms with Crippen molar-refractivity contribution in [1.82, 2.24) is 15.0 Å². The average Bonchev–Trinajstić information content (AvgIpc) is 3.57. The molecule has 214 valence electrons. The van der Waals surface area contributed by atoms with Crippen molar-refractivity contribution in [3.63, 3.8) is 0 Å². The quantitative estimate of drug-likeness (QED) is 0.192. The van der Waals surface area contributed by atoms with Gasteiger partial charge in [0.25, 0.3) is 0 Å². The summed E-state index contributed by atoms with van der Waals surface area (Å²) in [7, 11) is 0. The molecule has 0 aliphatic heterocycles. The molecule has 0 radical (unpaired) electrons. The maximum atomic E-state index is 5.09. The second-order valence-corrected chi connectivity index (χ2v) is 12.3. The first-order chi connectivity index (χ1) is 22.3. The zero-order valence-electron chi connectivity index (χ0n) is 24.6. The Morgan fingerprint density at radius 3 is 1.44 bits per heavy atom. The van der Waals surface area contributed by atoms with Crippen LogP contribution in [0, 0.1) is 0 Å². The minimum Gasteiger partial charge on any atom is -0.236 e. The van der Waals surface area contributed by atoms with E-state index in [-0.39, 0.29) is 0 Å². The van der Waals surface area contributed by atoms with Crippen molar-refractivity contribution in [2.75, 3.05) is 0 Å². The number of thiazole rings is 1. The van der Waals surface area contributed by atoms with E-state index in [2.05, 4.69) is 140 Å². The second kappa shape index (κ2) is 11.9. The fourth-order valence-electron chi connectivity index (χ4n) is 5.77. The molecule has 0 saturated carbocycles. The normalized spacial score (nSPS) is 12.2. The van der Waals surface area contributed by atoms with Gasteiger partial charge in [-0.1, -0.05) is 140 Å². The van der Waals surface area contributed by atoms with E-state index in [0.717, 1.165) is 57.2 Å². The van der Waals surface area contributed by atoms with Gasteiger partial charge in [0.2, 0.25) is 0 Å². The molecule has 5 aromatic carbocycles. The number of rotatable bonds is 6. The van der Waals surface area contributed by atoms with Crippen LogP contribution >= 0.6 is 11.3 Å². The Morgan fingerprint density at radius 1 is 0.444 bits per heavy atom. The minimum atomic E-state index is 0.706. The topological polar surface area (TPSA) is 38.7 Å². The predicted octanol–water partition coefficient (Wildman–Crippen LogP) is 10.9. The third-order valence-corrected chi connectivity index (χ3v) is 9.41. The summed E-state index contributed by atoms with van der Waals surface area (Å²) in [6.45, 7) is 0. The molecule has 7 aromatic rings. The Labute approximate surface area is 267 Å². The lowest BCUT2D eigenvalue weighted by molar-refractivity contribution is 1.00. The Hall–Kier alpha value is -5.45. The highest BCUT2D eigenvalue weighted by Gasteiger charge is 2.15. The third kappa shape index (κ3) is 5.64. The van der Waals surface area contributed by atoms with Gasteiger partial charge in [-0.25, -0.2) is 15.0 Å². The van der Waals surface area contributed by atoms with Gasteiger partial charge < -0.3 is 0 Å². The number of allylic oxidation sites excluding steroid dienone is 1. The molecular weight excluding hydrogens is 567 g/mol. The van der Waals surface area contributed by atoms with Crippen LogP contribution in [0.3, 0.4) is 0 Å². The lowest BCUT2D eigenvalue weighted by Gasteiger charge is -2.11. The Bertz CT molecular complexity index is 2010. The number of hydrogen-bond donors (Lipinski definition) is 0. The van der Waals surface area contributed by atoms with Crippen LogP contribution < -0.4 is 0 Å². The van der Waals surface area contributed by atoms with E-state index in [4.69, 9.17) is 15.0 Å². The van der Waals surface area contributed by atoms with Crippen molar-refractivity contribution < 1.29 is 0 Å². The molecule has 2 heterocycles. The van der Waals surface area contributed by atoms with Crippen LogP contribution in [-0.4, -0.2) is 15.0 Å². The smallest absolute Gasteiger partial charge is 0.160 e. The molecule has 0 atom stereocenters. The van der Waals surface area contributed by atoms with Crippen LogP contribution in [0.4, 0.5) is 0 Å². The molecule has 0 unspecified atom stereocenters. The molecule has 0 spiro atoms. The highest BCUT2D eigenvalue weighted by atomic mass is 32.1. The number of aryl methyl sites for hydroxylation is 1. The van der Waals surface area contributed by atoms with Gasteiger partial charge in [-0.2, -0.15) is 0 Å². The van der Waals surface area contributed by atoms with E-state index in [1.807, 2.05) is 12.1 Å². The molecule has 45 heavy (non-hydrogen) atoms. The van der Waals surface area contributed by atoms with Gasteiger partial charge in [-0.3, -0.25) is 0 Å². The molecule has 0 fully saturated rings. The third-order valence-electron chi connectivity index (χ3n) is 8.23. The fourth-order valence-corrected chi connectivity index (χ4v) is 6.84. The van der Waals surface area contributed by atoms with Crippen LogP contribution in [0.5, 0.6) is 0 Å². The van der Waals surface area contributed by atoms with Crippen molar-refractivity contribution >= 4 is 17.4 Å². The zero-order chi connectivity index (χ0) is 30.0. The van der Waals surface area contributed by atoms with Crippen molar-refractivity contribution in [3.05, 3.63) is 156 Å². The number of benzene rings is 5. The summed E-state index contributed by atoms with van der Waals surface area (Å²) in [6.07, 6.45) is 6.53. The summed E-state index contributed by atoms with van der Waals surface area (Å²) in [6, 6.07) is 48.8. The first-order valence-corrected chi connectivity index (χ1v) is 16.1. The number of fused-ring (bicyclic) bond motifs is 1. The van der Waals surface area contributed by atoms with Gasteiger partial charge in [0.1, 0.15) is 5.01 Å². The highest BCUT2D eigenvalue weighted by Crippen LogP contribution is 2.34. The van der Waals surface area contributed by atoms with Crippen LogP contribution in [0.2, 0.25) is 0 Å². The van der Waals surface area contributed by atoms with Crippen molar-refractivity contribution in [1.29, 1.82) is 0 Å². The molecule has 0 N–H and O–H groups in total. The lowest BCUT2D eigenvalue weighted by Crippen LogP contribution is -1.96. The van der Waals surface area contributed by atoms with Gasteiger partial charge in [0.15, 0.2) is 5.82 Å². The Balaban J connectivity index is 1.17. The maximum Gasteiger partial charge on any atom is 0.160 e. The number of aromatic nitrogens is 3. The molecule has 0 bridgehead atoms. The first-order valence-electron chi connectivity index (χ1n) is 15.2. The summed E-state index contributed by atoms with van der Waals surface area (Å²) in [5.74, 6) is 0.706. The Morgan fingerprint density at radius 2 is 0.911 bits per heavy atom. The monoisotopic (exact) mass is 595 g/mol. The minimum absolute atomic E-state index is 0.706. The average molecular weight is 596 g/mol. The standard InChI is InChI=1S/C41H29N3S/c1-3-9-28(10-4-1)30-15-19-32(20-16-30)37-27-38(33-21-25-35(26-22-33)41-44-36-13-7-8-14-39(36)45-41)43-40(42-37)34-23-17-31(18-24-34)29-11-5-2-6-12-29/h1-7,9-13,15-27H,8,14H2. The molecular formula is C41H29N3S. The second-order valence-electron chi connectivity index (χ2n) is 11.2. The SMILES string of the molecule is C1=Cc2nc(-c3ccc(-c4cc(-c5ccc(-c6ccccc6)cc5)nc(-c5ccc(-c6ccccc6)cc5)n4)cc3)sc2CC1. The summed E-state index contributed by atoms with van der Waals surface area (Å²) in [5, 5.41) is 1.07. The molecule has 1 aliphatic carbocycles. The summed E-state index contributed by atoms with van der Waals surface area (Å²) >= 11 is 1.80. The Kier molecular flexibility index (Phi) is 7.18. The van der Waals surface area contributed by atoms with Crippen LogP contribution in [0.25, 0.3) is 72.8 Å². The summed E-state index contributed by atoms with van der Waals surface area (Å²) < 4.78 is 0. The first kappa shape index (κ1) is 27.1. The summed E-state index contributed by atoms with van der Waals surface area (Å²) in [4.78, 5) is 16.4. The maximum absolute atomic E-state index is 5.09. The zero-order valence-corrected chi connectivity index (χ0v) is 25.4. The van der Waals surface area contributed by atoms with E-state index in [1.54, 1.807) is 11.3 Å². The van der Waals surface area contributed by atoms with Crippen LogP contribution in [0.1, 0.15) is 17.0 Å². The molecule has 3 nitrogen and oxygen atoms in total. The van der Waals surface area contributed by atoms with Crippen LogP contribution in [-0.2, 0) is 6.42 Å². The molecule has 8 rings (SSSR count). The fraction of sp³-hybridized carbons (Fsp3) is 0.0488. The van der Waals surface area contributed by atoms with Crippen molar-refractivity contribution in [2.45, 2.75) is 12.8 Å². The van der Waals surface area contributed by atoms with Gasteiger partial charge >= 0.3 is 0 Å². The molecule has 0 saturated heterocycles. The van der Waals surface area contributed by atoms with E-state index in [1.165, 1.54) is 27.1 Å². The lowest BCUT2D eigenvalue weighted by atomic mass is 10.0. The van der Waals surface area contributed by atoms with Crippen molar-refractivity contribution in [2.24, 2.45) is 0 Å². The molecule has 0 amide bonds. The molecule has 4 heteroatoms. The van der Waals surface area contributed by atoms with E-state index < -0.39 is 0 Å². The molecule has 1 aliphatic rings. The largest absolute Gasteiger partial charge is 0.236 e. The van der Waals surface area contributed by atoms with Crippen molar-refractivity contribution in [3.8, 4) is 66.7 Å². The number of hydrogen-bond acceptors (Lipinski definition) is 4. The van der Waals surface area contributed by atoms with Gasteiger partial charge in [-0.05, 0) is 47.2 Å². The van der Waals surface area contributed by atoms with E-state index in [0.29, 0.717) is 5.82 Å². The van der Waals surface area contributed by atoms with Gasteiger partial charge in [-0.15, -0.1) is 11.3 Å². The van der Waals surface area contributed by atoms with E-state index in [9.17, 15) is 0 Å². The predicted molar refractivity (Wildman–Crippen MR) is 188 cm³/mol. The van der Waals surface area contributed by atoms with E-state index >= 15 is 0 Å². The van der Waals surface area contributed by atoms with Crippen LogP contribution in [0.15, 0.2) is 146 Å². The highest BCUT2D eigenvalue weighted by molar-refractivity contribution is 7.15.